The molecule has 94 valence electrons. The topological polar surface area (TPSA) is 57.6 Å². The maximum absolute atomic E-state index is 11.8. The van der Waals surface area contributed by atoms with E-state index in [2.05, 4.69) is 13.8 Å². The molecule has 0 spiro atoms. The molecule has 1 saturated heterocycles. The lowest BCUT2D eigenvalue weighted by atomic mass is 9.65. The van der Waals surface area contributed by atoms with Crippen molar-refractivity contribution in [1.82, 2.24) is 4.90 Å². The summed E-state index contributed by atoms with van der Waals surface area (Å²) < 4.78 is 0. The minimum absolute atomic E-state index is 0.00292. The van der Waals surface area contributed by atoms with Crippen molar-refractivity contribution in [3.8, 4) is 0 Å². The van der Waals surface area contributed by atoms with Gasteiger partial charge in [0.2, 0.25) is 5.91 Å². The van der Waals surface area contributed by atoms with E-state index >= 15 is 0 Å². The molecule has 3 fully saturated rings. The number of hydrogen-bond acceptors (Lipinski definition) is 2. The molecule has 4 nitrogen and oxygen atoms in total. The van der Waals surface area contributed by atoms with E-state index in [0.29, 0.717) is 18.9 Å². The Balaban J connectivity index is 2.21. The number of piperidine rings is 1. The zero-order valence-corrected chi connectivity index (χ0v) is 10.6. The molecule has 0 unspecified atom stereocenters. The third kappa shape index (κ3) is 0.829. The van der Waals surface area contributed by atoms with Gasteiger partial charge in [0.15, 0.2) is 0 Å². The first kappa shape index (κ1) is 11.1. The molecule has 1 N–H and O–H groups in total. The fourth-order valence-corrected chi connectivity index (χ4v) is 5.10. The van der Waals surface area contributed by atoms with E-state index in [-0.39, 0.29) is 16.7 Å². The van der Waals surface area contributed by atoms with Crippen LogP contribution in [0.5, 0.6) is 0 Å². The van der Waals surface area contributed by atoms with Gasteiger partial charge in [0.25, 0.3) is 0 Å². The average Bonchev–Trinajstić information content (AvgIpc) is 2.68. The Bertz CT molecular complexity index is 434. The molecule has 1 amide bonds. The predicted molar refractivity (Wildman–Crippen MR) is 61.3 cm³/mol. The average molecular weight is 237 g/mol. The summed E-state index contributed by atoms with van der Waals surface area (Å²) in [4.78, 5) is 25.2. The lowest BCUT2D eigenvalue weighted by molar-refractivity contribution is -0.163. The van der Waals surface area contributed by atoms with E-state index in [1.807, 2.05) is 0 Å². The Labute approximate surface area is 101 Å². The van der Waals surface area contributed by atoms with Crippen LogP contribution in [0.15, 0.2) is 0 Å². The first-order chi connectivity index (χ1) is 7.79. The van der Waals surface area contributed by atoms with Crippen molar-refractivity contribution >= 4 is 11.9 Å². The van der Waals surface area contributed by atoms with Gasteiger partial charge >= 0.3 is 5.97 Å². The zero-order valence-electron chi connectivity index (χ0n) is 10.6. The van der Waals surface area contributed by atoms with Crippen LogP contribution in [0.4, 0.5) is 0 Å². The fraction of sp³-hybridized carbons (Fsp3) is 0.846. The quantitative estimate of drug-likeness (QED) is 0.752. The lowest BCUT2D eigenvalue weighted by Gasteiger charge is -2.44. The zero-order chi connectivity index (χ0) is 12.6. The molecule has 3 aliphatic rings. The summed E-state index contributed by atoms with van der Waals surface area (Å²) in [5.41, 5.74) is -1.18. The van der Waals surface area contributed by atoms with Crippen LogP contribution in [-0.2, 0) is 9.59 Å². The Morgan fingerprint density at radius 1 is 1.35 bits per heavy atom. The summed E-state index contributed by atoms with van der Waals surface area (Å²) in [6.07, 6.45) is 2.70. The van der Waals surface area contributed by atoms with Gasteiger partial charge in [-0.2, -0.15) is 0 Å². The molecule has 2 saturated carbocycles. The smallest absolute Gasteiger partial charge is 0.330 e. The Kier molecular flexibility index (Phi) is 1.74. The van der Waals surface area contributed by atoms with Gasteiger partial charge in [0.1, 0.15) is 5.54 Å². The second kappa shape index (κ2) is 2.68. The molecule has 2 aliphatic carbocycles. The highest BCUT2D eigenvalue weighted by molar-refractivity contribution is 5.89. The van der Waals surface area contributed by atoms with Crippen molar-refractivity contribution in [2.75, 3.05) is 6.54 Å². The van der Waals surface area contributed by atoms with Crippen molar-refractivity contribution in [2.24, 2.45) is 16.7 Å². The van der Waals surface area contributed by atoms with E-state index in [1.165, 1.54) is 6.92 Å². The first-order valence-corrected chi connectivity index (χ1v) is 6.31. The number of likely N-dealkylation sites (tertiary alicyclic amines) is 1. The van der Waals surface area contributed by atoms with Crippen molar-refractivity contribution in [2.45, 2.75) is 45.6 Å². The number of carboxylic acids is 1. The molecule has 4 atom stereocenters. The number of nitrogens with zero attached hydrogens (tertiary/aromatic N) is 1. The van der Waals surface area contributed by atoms with Crippen LogP contribution in [-0.4, -0.2) is 34.0 Å². The van der Waals surface area contributed by atoms with Crippen LogP contribution in [0.25, 0.3) is 0 Å². The first-order valence-electron chi connectivity index (χ1n) is 6.31. The Morgan fingerprint density at radius 3 is 2.47 bits per heavy atom. The second-order valence-corrected chi connectivity index (χ2v) is 6.46. The second-order valence-electron chi connectivity index (χ2n) is 6.46. The number of hydrogen-bond donors (Lipinski definition) is 1. The Morgan fingerprint density at radius 2 is 2.00 bits per heavy atom. The Hall–Kier alpha value is -1.06. The van der Waals surface area contributed by atoms with Gasteiger partial charge in [-0.3, -0.25) is 4.79 Å². The molecule has 1 aliphatic heterocycles. The summed E-state index contributed by atoms with van der Waals surface area (Å²) in [6.45, 7) is 6.37. The molecule has 0 aromatic heterocycles. The van der Waals surface area contributed by atoms with Crippen LogP contribution >= 0.6 is 0 Å². The van der Waals surface area contributed by atoms with E-state index in [1.54, 1.807) is 4.90 Å². The van der Waals surface area contributed by atoms with Gasteiger partial charge in [0, 0.05) is 18.9 Å². The van der Waals surface area contributed by atoms with E-state index in [9.17, 15) is 14.7 Å². The third-order valence-electron chi connectivity index (χ3n) is 6.29. The van der Waals surface area contributed by atoms with Crippen LogP contribution in [0, 0.1) is 16.7 Å². The van der Waals surface area contributed by atoms with Gasteiger partial charge in [-0.15, -0.1) is 0 Å². The number of amides is 1. The normalized spacial score (nSPS) is 51.0. The molecular weight excluding hydrogens is 218 g/mol. The monoisotopic (exact) mass is 237 g/mol. The van der Waals surface area contributed by atoms with Crippen molar-refractivity contribution < 1.29 is 14.7 Å². The summed E-state index contributed by atoms with van der Waals surface area (Å²) in [5, 5.41) is 9.72. The molecule has 0 radical (unpaired) electrons. The SMILES string of the molecule is CC(=O)N1C[C@]2(C)[C@@H]3CC[C@]2(C)[C@]1(C(=O)O)C3. The van der Waals surface area contributed by atoms with Gasteiger partial charge in [-0.25, -0.2) is 4.79 Å². The number of carboxylic acid groups (broad SMARTS) is 1. The molecule has 17 heavy (non-hydrogen) atoms. The van der Waals surface area contributed by atoms with Crippen LogP contribution in [0.1, 0.15) is 40.0 Å². The highest BCUT2D eigenvalue weighted by Gasteiger charge is 2.80. The molecule has 4 heteroatoms. The maximum Gasteiger partial charge on any atom is 0.330 e. The number of rotatable bonds is 1. The summed E-state index contributed by atoms with van der Waals surface area (Å²) in [7, 11) is 0. The van der Waals surface area contributed by atoms with E-state index in [4.69, 9.17) is 0 Å². The number of aliphatic carboxylic acids is 1. The summed E-state index contributed by atoms with van der Waals surface area (Å²) in [5.74, 6) is -0.428. The maximum atomic E-state index is 11.8. The standard InChI is InChI=1S/C13H19NO3/c1-8(15)14-7-11(2)9-4-5-12(11,3)13(14,6-9)10(16)17/h9H,4-7H2,1-3H3,(H,16,17)/t9-,11-,12+,13-/m1/s1. The highest BCUT2D eigenvalue weighted by Crippen LogP contribution is 2.75. The predicted octanol–water partition coefficient (Wildman–Crippen LogP) is 1.50. The number of carbonyl (C=O) groups is 2. The van der Waals surface area contributed by atoms with Crippen molar-refractivity contribution in [3.63, 3.8) is 0 Å². The molecule has 4 bridgehead atoms. The highest BCUT2D eigenvalue weighted by atomic mass is 16.4. The lowest BCUT2D eigenvalue weighted by Crippen LogP contribution is -2.60. The summed E-state index contributed by atoms with van der Waals surface area (Å²) in [6, 6.07) is 0. The van der Waals surface area contributed by atoms with Gasteiger partial charge < -0.3 is 10.0 Å². The molecular formula is C13H19NO3. The van der Waals surface area contributed by atoms with Crippen LogP contribution in [0.2, 0.25) is 0 Å². The van der Waals surface area contributed by atoms with Crippen molar-refractivity contribution in [3.05, 3.63) is 0 Å². The van der Waals surface area contributed by atoms with Crippen molar-refractivity contribution in [1.29, 1.82) is 0 Å². The minimum Gasteiger partial charge on any atom is -0.479 e. The largest absolute Gasteiger partial charge is 0.479 e. The minimum atomic E-state index is -0.934. The molecule has 3 rings (SSSR count). The molecule has 0 aromatic rings. The summed E-state index contributed by atoms with van der Waals surface area (Å²) >= 11 is 0. The van der Waals surface area contributed by atoms with Gasteiger partial charge in [-0.05, 0) is 30.6 Å². The van der Waals surface area contributed by atoms with E-state index < -0.39 is 11.5 Å². The third-order valence-corrected chi connectivity index (χ3v) is 6.29. The van der Waals surface area contributed by atoms with Gasteiger partial charge in [0.05, 0.1) is 0 Å². The number of carbonyl (C=O) groups excluding carboxylic acids is 1. The van der Waals surface area contributed by atoms with Crippen LogP contribution < -0.4 is 0 Å². The molecule has 1 heterocycles. The van der Waals surface area contributed by atoms with Gasteiger partial charge in [-0.1, -0.05) is 13.8 Å². The molecule has 0 aromatic carbocycles. The van der Waals surface area contributed by atoms with Crippen LogP contribution in [0.3, 0.4) is 0 Å². The fourth-order valence-electron chi connectivity index (χ4n) is 5.10. The van der Waals surface area contributed by atoms with E-state index in [0.717, 1.165) is 12.8 Å².